The molecule has 0 saturated carbocycles. The monoisotopic (exact) mass is 345 g/mol. The summed E-state index contributed by atoms with van der Waals surface area (Å²) in [6.07, 6.45) is 0.333. The van der Waals surface area contributed by atoms with Crippen LogP contribution in [0.3, 0.4) is 0 Å². The highest BCUT2D eigenvalue weighted by Gasteiger charge is 2.40. The maximum Gasteiger partial charge on any atom is 0.257 e. The van der Waals surface area contributed by atoms with Gasteiger partial charge >= 0.3 is 0 Å². The number of nitrogens with one attached hydrogen (secondary N) is 1. The van der Waals surface area contributed by atoms with Crippen molar-refractivity contribution in [3.05, 3.63) is 71.9 Å². The van der Waals surface area contributed by atoms with E-state index in [1.165, 1.54) is 11.1 Å². The number of aliphatic hydroxyl groups is 1. The van der Waals surface area contributed by atoms with Crippen LogP contribution in [0.15, 0.2) is 48.7 Å². The van der Waals surface area contributed by atoms with Crippen molar-refractivity contribution in [1.82, 2.24) is 9.88 Å². The molecule has 3 aromatic rings. The van der Waals surface area contributed by atoms with E-state index in [1.807, 2.05) is 6.07 Å². The van der Waals surface area contributed by atoms with E-state index >= 15 is 0 Å². The molecule has 128 valence electrons. The van der Waals surface area contributed by atoms with Crippen molar-refractivity contribution < 1.29 is 14.7 Å². The van der Waals surface area contributed by atoms with E-state index in [0.29, 0.717) is 22.3 Å². The zero-order valence-corrected chi connectivity index (χ0v) is 13.9. The third kappa shape index (κ3) is 2.46. The van der Waals surface area contributed by atoms with Crippen LogP contribution in [0.4, 0.5) is 5.69 Å². The van der Waals surface area contributed by atoms with Crippen molar-refractivity contribution in [3.8, 4) is 0 Å². The Labute approximate surface area is 150 Å². The molecule has 6 heteroatoms. The Hall–Kier alpha value is -3.43. The number of para-hydroxylation sites is 1. The minimum atomic E-state index is -1.15. The van der Waals surface area contributed by atoms with Crippen molar-refractivity contribution in [1.29, 1.82) is 0 Å². The first-order chi connectivity index (χ1) is 12.6. The zero-order valence-electron chi connectivity index (χ0n) is 13.9. The molecule has 1 aliphatic rings. The number of hydrogen-bond donors (Lipinski definition) is 2. The number of carbonyl (C=O) groups excluding carboxylic acids is 2. The fourth-order valence-electron chi connectivity index (χ4n) is 3.16. The number of hydrogen-bond acceptors (Lipinski definition) is 4. The average molecular weight is 345 g/mol. The van der Waals surface area contributed by atoms with E-state index in [1.54, 1.807) is 43.3 Å². The van der Waals surface area contributed by atoms with Crippen LogP contribution in [0, 0.1) is 12.1 Å². The first kappa shape index (κ1) is 16.1. The van der Waals surface area contributed by atoms with E-state index in [4.69, 9.17) is 0 Å². The lowest BCUT2D eigenvalue weighted by Crippen LogP contribution is -2.44. The Morgan fingerprint density at radius 2 is 2.08 bits per heavy atom. The molecule has 2 N–H and O–H groups in total. The quantitative estimate of drug-likeness (QED) is 0.763. The topological polar surface area (TPSA) is 82.5 Å². The van der Waals surface area contributed by atoms with Gasteiger partial charge in [0.2, 0.25) is 5.91 Å². The highest BCUT2D eigenvalue weighted by atomic mass is 16.3. The Balaban J connectivity index is 1.60. The molecule has 2 atom stereocenters. The molecule has 2 amide bonds. The molecule has 1 aliphatic heterocycles. The number of anilines is 1. The van der Waals surface area contributed by atoms with Gasteiger partial charge in [-0.15, -0.1) is 0 Å². The highest BCUT2D eigenvalue weighted by Crippen LogP contribution is 2.33. The fraction of sp³-hybridized carbons (Fsp3) is 0.150. The molecule has 0 radical (unpaired) electrons. The second-order valence-corrected chi connectivity index (χ2v) is 6.07. The summed E-state index contributed by atoms with van der Waals surface area (Å²) >= 11 is 0. The van der Waals surface area contributed by atoms with Gasteiger partial charge < -0.3 is 10.4 Å². The molecule has 0 fully saturated rings. The number of rotatable bonds is 3. The third-order valence-corrected chi connectivity index (χ3v) is 4.52. The third-order valence-electron chi connectivity index (χ3n) is 4.52. The summed E-state index contributed by atoms with van der Waals surface area (Å²) in [5.74, 6) is -0.776. The Bertz CT molecular complexity index is 1010. The van der Waals surface area contributed by atoms with Crippen LogP contribution in [0.25, 0.3) is 10.9 Å². The Morgan fingerprint density at radius 3 is 2.88 bits per heavy atom. The molecule has 0 bridgehead atoms. The Kier molecular flexibility index (Phi) is 3.79. The minimum Gasteiger partial charge on any atom is -0.369 e. The van der Waals surface area contributed by atoms with E-state index in [9.17, 15) is 14.7 Å². The molecule has 2 aromatic carbocycles. The first-order valence-corrected chi connectivity index (χ1v) is 8.15. The van der Waals surface area contributed by atoms with Crippen molar-refractivity contribution in [2.45, 2.75) is 19.2 Å². The van der Waals surface area contributed by atoms with Crippen molar-refractivity contribution in [2.75, 3.05) is 5.32 Å². The summed E-state index contributed by atoms with van der Waals surface area (Å²) < 4.78 is 0. The van der Waals surface area contributed by atoms with Gasteiger partial charge in [0.05, 0.1) is 17.3 Å². The van der Waals surface area contributed by atoms with Gasteiger partial charge in [0, 0.05) is 11.1 Å². The molecule has 0 spiro atoms. The number of fused-ring (bicyclic) bond motifs is 2. The summed E-state index contributed by atoms with van der Waals surface area (Å²) in [4.78, 5) is 30.7. The predicted octanol–water partition coefficient (Wildman–Crippen LogP) is 2.31. The van der Waals surface area contributed by atoms with Gasteiger partial charge in [-0.1, -0.05) is 30.3 Å². The van der Waals surface area contributed by atoms with Gasteiger partial charge in [0.1, 0.15) is 11.6 Å². The molecular weight excluding hydrogens is 330 g/mol. The normalized spacial score (nSPS) is 16.9. The molecule has 6 nitrogen and oxygen atoms in total. The van der Waals surface area contributed by atoms with Gasteiger partial charge in [-0.25, -0.2) is 4.98 Å². The van der Waals surface area contributed by atoms with Gasteiger partial charge in [0.25, 0.3) is 5.91 Å². The average Bonchev–Trinajstić information content (AvgIpc) is 2.92. The maximum atomic E-state index is 12.7. The summed E-state index contributed by atoms with van der Waals surface area (Å²) in [6, 6.07) is 17.0. The zero-order chi connectivity index (χ0) is 18.3. The molecule has 1 unspecified atom stereocenters. The van der Waals surface area contributed by atoms with Gasteiger partial charge in [-0.3, -0.25) is 14.5 Å². The van der Waals surface area contributed by atoms with E-state index in [-0.39, 0.29) is 5.91 Å². The molecule has 4 rings (SSSR count). The van der Waals surface area contributed by atoms with Gasteiger partial charge in [-0.05, 0) is 31.2 Å². The standard InChI is InChI=1S/C20H15N3O3/c1-12(23-19(25)14-8-2-3-9-15(14)20(23)26)18(24)22-16-10-4-6-13-7-5-11-21-17(13)16/h2-4,6,8-12,19,25H,1H3,(H,22,24)/t12-,19?/m0/s1. The van der Waals surface area contributed by atoms with Crippen LogP contribution < -0.4 is 5.32 Å². The van der Waals surface area contributed by atoms with Crippen molar-refractivity contribution in [3.63, 3.8) is 0 Å². The number of aromatic nitrogens is 1. The van der Waals surface area contributed by atoms with Crippen molar-refractivity contribution in [2.24, 2.45) is 0 Å². The van der Waals surface area contributed by atoms with E-state index in [0.717, 1.165) is 5.39 Å². The highest BCUT2D eigenvalue weighted by molar-refractivity contribution is 6.06. The molecule has 26 heavy (non-hydrogen) atoms. The largest absolute Gasteiger partial charge is 0.369 e. The summed E-state index contributed by atoms with van der Waals surface area (Å²) in [7, 11) is 0. The molecular formula is C20H15N3O3. The van der Waals surface area contributed by atoms with Crippen LogP contribution in [-0.2, 0) is 4.79 Å². The van der Waals surface area contributed by atoms with Crippen LogP contribution in [0.1, 0.15) is 29.1 Å². The summed E-state index contributed by atoms with van der Waals surface area (Å²) in [6.45, 7) is 1.58. The fourth-order valence-corrected chi connectivity index (χ4v) is 3.16. The summed E-state index contributed by atoms with van der Waals surface area (Å²) in [5.41, 5.74) is 2.03. The van der Waals surface area contributed by atoms with Crippen LogP contribution >= 0.6 is 0 Å². The Morgan fingerprint density at radius 1 is 1.27 bits per heavy atom. The van der Waals surface area contributed by atoms with Gasteiger partial charge in [-0.2, -0.15) is 0 Å². The van der Waals surface area contributed by atoms with Crippen molar-refractivity contribution >= 4 is 28.4 Å². The number of nitrogens with zero attached hydrogens (tertiary/aromatic N) is 2. The maximum absolute atomic E-state index is 12.7. The molecule has 2 heterocycles. The second-order valence-electron chi connectivity index (χ2n) is 6.07. The minimum absolute atomic E-state index is 0.366. The molecule has 1 aromatic heterocycles. The molecule has 0 aliphatic carbocycles. The SMILES string of the molecule is C[C@@H](C(=O)Nc1cccc2c#ccnc12)N1C(=O)c2ccccc2C1O. The number of benzene rings is 2. The van der Waals surface area contributed by atoms with Gasteiger partial charge in [0.15, 0.2) is 6.23 Å². The number of amides is 2. The lowest BCUT2D eigenvalue weighted by molar-refractivity contribution is -0.123. The predicted molar refractivity (Wildman–Crippen MR) is 95.1 cm³/mol. The summed E-state index contributed by atoms with van der Waals surface area (Å²) in [5, 5.41) is 14.0. The first-order valence-electron chi connectivity index (χ1n) is 8.15. The lowest BCUT2D eigenvalue weighted by atomic mass is 10.1. The van der Waals surface area contributed by atoms with Crippen LogP contribution in [0.5, 0.6) is 0 Å². The number of aliphatic hydroxyl groups excluding tert-OH is 1. The van der Waals surface area contributed by atoms with E-state index < -0.39 is 18.2 Å². The van der Waals surface area contributed by atoms with E-state index in [2.05, 4.69) is 22.4 Å². The van der Waals surface area contributed by atoms with Crippen LogP contribution in [-0.4, -0.2) is 32.8 Å². The number of carbonyl (C=O) groups is 2. The smallest absolute Gasteiger partial charge is 0.257 e. The van der Waals surface area contributed by atoms with Crippen LogP contribution in [0.2, 0.25) is 0 Å². The molecule has 0 saturated heterocycles. The second kappa shape index (κ2) is 6.14. The lowest BCUT2D eigenvalue weighted by Gasteiger charge is -2.27.